The van der Waals surface area contributed by atoms with E-state index in [0.717, 1.165) is 99.3 Å². The molecule has 0 spiro atoms. The van der Waals surface area contributed by atoms with Crippen LogP contribution in [0.3, 0.4) is 0 Å². The molecule has 2 aliphatic heterocycles. The van der Waals surface area contributed by atoms with Crippen molar-refractivity contribution >= 4 is 83.2 Å². The van der Waals surface area contributed by atoms with Crippen LogP contribution in [0.15, 0.2) is 224 Å². The quantitative estimate of drug-likeness (QED) is 0.0131. The molecule has 0 bridgehead atoms. The molecule has 0 atom stereocenters. The largest absolute Gasteiger partial charge is 2.00 e. The van der Waals surface area contributed by atoms with E-state index >= 15 is 0 Å². The predicted octanol–water partition coefficient (Wildman–Crippen LogP) is 24.1. The van der Waals surface area contributed by atoms with E-state index in [0.29, 0.717) is 58.5 Å². The van der Waals surface area contributed by atoms with Crippen molar-refractivity contribution in [3.63, 3.8) is 0 Å². The van der Waals surface area contributed by atoms with Crippen LogP contribution in [0.4, 0.5) is 52.7 Å². The Hall–Kier alpha value is -9.73. The van der Waals surface area contributed by atoms with Gasteiger partial charge in [-0.1, -0.05) is 94.6 Å². The second-order valence-electron chi connectivity index (χ2n) is 31.3. The van der Waals surface area contributed by atoms with Crippen molar-refractivity contribution in [2.45, 2.75) is 160 Å². The van der Waals surface area contributed by atoms with E-state index in [9.17, 15) is 72.5 Å². The smallest absolute Gasteiger partial charge is 1.00 e. The van der Waals surface area contributed by atoms with Gasteiger partial charge in [-0.3, -0.25) is 14.0 Å². The minimum Gasteiger partial charge on any atom is -1.00 e. The van der Waals surface area contributed by atoms with Crippen LogP contribution in [0.5, 0.6) is 0 Å². The van der Waals surface area contributed by atoms with Crippen LogP contribution in [0.2, 0.25) is 0 Å². The van der Waals surface area contributed by atoms with Crippen molar-refractivity contribution in [1.82, 2.24) is 9.67 Å². The summed E-state index contributed by atoms with van der Waals surface area (Å²) in [5.74, 6) is -5.20. The Morgan fingerprint density at radius 3 is 0.985 bits per heavy atom. The number of nitriles is 1. The number of hydrogen-bond acceptors (Lipinski definition) is 10. The molecule has 2 heterocycles. The number of halogens is 16. The van der Waals surface area contributed by atoms with Crippen molar-refractivity contribution in [3.8, 4) is 6.07 Å². The molecule has 2 saturated heterocycles. The zero-order valence-corrected chi connectivity index (χ0v) is 82.0. The van der Waals surface area contributed by atoms with Crippen LogP contribution < -0.4 is 32.4 Å². The van der Waals surface area contributed by atoms with E-state index < -0.39 is 57.2 Å². The monoisotopic (exact) mass is 2010 g/mol. The summed E-state index contributed by atoms with van der Waals surface area (Å²) in [6, 6.07) is 56.1. The van der Waals surface area contributed by atoms with Crippen molar-refractivity contribution in [3.05, 3.63) is 428 Å². The molecule has 14 rings (SSSR count). The Labute approximate surface area is 838 Å². The van der Waals surface area contributed by atoms with E-state index in [1.807, 2.05) is 46.8 Å². The predicted molar refractivity (Wildman–Crippen MR) is 524 cm³/mol. The second-order valence-corrected chi connectivity index (χ2v) is 32.2. The zero-order valence-electron chi connectivity index (χ0n) is 76.7. The Morgan fingerprint density at radius 2 is 0.713 bits per heavy atom. The molecule has 723 valence electrons. The van der Waals surface area contributed by atoms with Gasteiger partial charge in [-0.25, -0.2) is 58.0 Å². The van der Waals surface area contributed by atoms with Gasteiger partial charge in [0.25, 0.3) is 5.24 Å². The molecule has 2 fully saturated rings. The van der Waals surface area contributed by atoms with Crippen LogP contribution >= 0.6 is 35.2 Å². The first-order valence-corrected chi connectivity index (χ1v) is 43.2. The van der Waals surface area contributed by atoms with Crippen LogP contribution in [-0.4, -0.2) is 98.8 Å². The fraction of sp³-hybridized carbons (Fsp3) is 0.287. The number of benzene rings is 12. The maximum absolute atomic E-state index is 13.6. The van der Waals surface area contributed by atoms with Gasteiger partial charge in [0.2, 0.25) is 0 Å². The molecule has 28 heteroatoms. The van der Waals surface area contributed by atoms with E-state index in [-0.39, 0.29) is 153 Å². The van der Waals surface area contributed by atoms with Crippen LogP contribution in [-0.2, 0) is 20.7 Å². The number of nitrogens with two attached hydrogens (primary N) is 1. The van der Waals surface area contributed by atoms with E-state index in [1.54, 1.807) is 90.9 Å². The number of aryl methyl sites for hydroxylation is 12. The fourth-order valence-electron chi connectivity index (χ4n) is 14.3. The number of ketones is 1. The molecular formula is C108H118BBrCl3F12MgN4O6. The molecule has 0 unspecified atom stereocenters. The molecule has 2 aliphatic rings. The maximum Gasteiger partial charge on any atom is 2.00 e. The van der Waals surface area contributed by atoms with Crippen LogP contribution in [0.1, 0.15) is 205 Å². The molecule has 12 aromatic carbocycles. The number of carbonyl (C=O) groups excluding carboxylic acids is 2. The van der Waals surface area contributed by atoms with Crippen molar-refractivity contribution < 1.29 is 100 Å². The number of nitrogens with one attached hydrogen (secondary N) is 2. The van der Waals surface area contributed by atoms with Gasteiger partial charge >= 0.3 is 23.1 Å². The zero-order chi connectivity index (χ0) is 96.8. The Morgan fingerprint density at radius 1 is 0.434 bits per heavy atom. The minimum absolute atomic E-state index is 0. The van der Waals surface area contributed by atoms with Gasteiger partial charge in [-0.15, -0.1) is 12.1 Å². The van der Waals surface area contributed by atoms with Gasteiger partial charge in [-0.05, 0) is 401 Å². The summed E-state index contributed by atoms with van der Waals surface area (Å²) in [4.78, 5) is 28.0. The molecule has 0 amide bonds. The van der Waals surface area contributed by atoms with E-state index in [1.165, 1.54) is 196 Å². The summed E-state index contributed by atoms with van der Waals surface area (Å²) in [7, 11) is 0. The summed E-state index contributed by atoms with van der Waals surface area (Å²) < 4.78 is 169. The average molecular weight is 2020 g/mol. The summed E-state index contributed by atoms with van der Waals surface area (Å²) in [5.41, 5.74) is 18.0. The number of carbonyl (C=O) groups is 2. The number of hydrogen-bond donors (Lipinski definition) is 5. The molecule has 10 nitrogen and oxygen atoms in total. The normalized spacial score (nSPS) is 11.4. The van der Waals surface area contributed by atoms with E-state index in [2.05, 4.69) is 15.7 Å². The molecule has 0 aromatic heterocycles. The minimum atomic E-state index is -1.74. The topological polar surface area (TPSA) is 167 Å². The summed E-state index contributed by atoms with van der Waals surface area (Å²) in [5, 5.41) is 30.6. The van der Waals surface area contributed by atoms with Gasteiger partial charge in [0.05, 0.1) is 12.5 Å². The average Bonchev–Trinajstić information content (AvgIpc) is 0.905. The third kappa shape index (κ3) is 38.6. The molecule has 136 heavy (non-hydrogen) atoms. The Kier molecular flexibility index (Phi) is 56.9. The molecular weight excluding hydrogens is 1900 g/mol. The van der Waals surface area contributed by atoms with Gasteiger partial charge in [0, 0.05) is 77.8 Å². The van der Waals surface area contributed by atoms with Crippen LogP contribution in [0, 0.1) is 170 Å². The van der Waals surface area contributed by atoms with Crippen molar-refractivity contribution in [2.24, 2.45) is 5.73 Å². The Balaban J connectivity index is 0.00000155. The molecule has 0 saturated carbocycles. The number of aliphatic hydroxyl groups is 2. The summed E-state index contributed by atoms with van der Waals surface area (Å²) >= 11 is 16.3. The molecule has 3 radical (unpaired) electrons. The summed E-state index contributed by atoms with van der Waals surface area (Å²) in [6.07, 6.45) is 7.50. The van der Waals surface area contributed by atoms with Crippen molar-refractivity contribution in [1.29, 1.82) is 5.26 Å². The third-order valence-electron chi connectivity index (χ3n) is 21.4. The fourth-order valence-corrected chi connectivity index (χ4v) is 14.7. The van der Waals surface area contributed by atoms with Gasteiger partial charge in [0.15, 0.2) is 5.78 Å². The first-order valence-electron chi connectivity index (χ1n) is 42.0. The van der Waals surface area contributed by atoms with Crippen LogP contribution in [0.25, 0.3) is 5.57 Å². The standard InChI is InChI=1S/C17H18ClF2N.C17H16ClF2N.C17H19F2NO.C17H15F2NO.C15H12F2O.C8H6ClFO.C7H6F.2C4H8O.2CH4.B.BrH.Mg.H2/c2*1-11-3-5-13(19)9-16(11)15(7-8-21-18)17-10-14(20)6-4-12(17)2;2*1-11-3-5-13(18)9-15(11)17(21,7-8-20)16-10-14(19)6-4-12(16)2;1-9-3-5-11(16)7-13(9)15(18)14-8-12(17)6-4-10(14)2;1-5-2-3-6(10)4-7(5)8(9)11;1-6-2-4-7(8)5-3-6;2*1-2-4-5-3-1;;;;;;/h3-6,9-10,15,21H,7-8H2,1-2H3;3-7,9-10,21H,8H2,1-2H3;3-6,9-10,21H,7-8,20H2,1-2H3;3-6,9-10,21H,7H2,1-2H3;3-8H,1-2H3;2-4H,1H3;2,4-5H,1H3;2*1-4H2;2*1H4;;1H;;1H/q;;;;;;-1;;;;;;;+2;/p-1/i;;;;;;;;;;;;;;1+1. The number of nitrogens with zero attached hydrogens (tertiary/aromatic N) is 1. The van der Waals surface area contributed by atoms with Gasteiger partial charge < -0.3 is 42.4 Å². The van der Waals surface area contributed by atoms with Crippen molar-refractivity contribution in [2.75, 3.05) is 46.1 Å². The number of rotatable bonds is 19. The summed E-state index contributed by atoms with van der Waals surface area (Å²) in [6.45, 7) is 26.8. The Bertz CT molecular complexity index is 5570. The molecule has 6 N–H and O–H groups in total. The maximum atomic E-state index is 13.6. The number of ether oxygens (including phenoxy) is 2. The SMILES string of the molecule is C.C.C1CCOC1.C1CCOC1.Cc1[c-]cc(F)cc1.Cc1ccc(F)cc1C(=CCNCl)c1cc(F)ccc1C.Cc1ccc(F)cc1C(=O)Cl.Cc1ccc(F)cc1C(=O)c1cc(F)ccc1C.Cc1ccc(F)cc1C(CCNCl)c1cc(F)ccc1C.Cc1ccc(F)cc1C(O)(CC#N)c1cc(F)ccc1C.Cc1ccc(F)cc1C(O)(CCN)c1cc(F)ccc1C.[2HH].[B].[Br-].[Mg+2]. The molecule has 12 aromatic rings. The van der Waals surface area contributed by atoms with Gasteiger partial charge in [0.1, 0.15) is 75.2 Å². The second kappa shape index (κ2) is 62.3. The first-order chi connectivity index (χ1) is 62.2. The van der Waals surface area contributed by atoms with E-state index in [4.69, 9.17) is 55.6 Å². The van der Waals surface area contributed by atoms with Gasteiger partial charge in [-0.2, -0.15) is 23.0 Å². The third-order valence-corrected chi connectivity index (χ3v) is 22.0. The molecule has 0 aliphatic carbocycles. The first kappa shape index (κ1) is 124.